The SMILES string of the molecule is COCCC1CCCCN(C(=O)c2ccc3[nH]c(=O)[nH]c3c2)C1. The number of carbonyl (C=O) groups excluding carboxylic acids is 1. The first-order valence-corrected chi connectivity index (χ1v) is 8.17. The standard InChI is InChI=1S/C17H23N3O3/c1-23-9-7-12-4-2-3-8-20(11-12)16(21)13-5-6-14-15(10-13)19-17(22)18-14/h5-6,10,12H,2-4,7-9,11H2,1H3,(H2,18,19,22). The number of imidazole rings is 1. The van der Waals surface area contributed by atoms with Crippen molar-refractivity contribution in [2.75, 3.05) is 26.8 Å². The number of amides is 1. The fourth-order valence-electron chi connectivity index (χ4n) is 3.28. The predicted octanol–water partition coefficient (Wildman–Crippen LogP) is 2.13. The Morgan fingerprint density at radius 2 is 2.13 bits per heavy atom. The fraction of sp³-hybridized carbons (Fsp3) is 0.529. The van der Waals surface area contributed by atoms with Crippen LogP contribution >= 0.6 is 0 Å². The molecule has 0 aliphatic carbocycles. The predicted molar refractivity (Wildman–Crippen MR) is 88.7 cm³/mol. The lowest BCUT2D eigenvalue weighted by molar-refractivity contribution is 0.0728. The first-order valence-electron chi connectivity index (χ1n) is 8.17. The van der Waals surface area contributed by atoms with Crippen molar-refractivity contribution in [1.29, 1.82) is 0 Å². The zero-order chi connectivity index (χ0) is 16.2. The number of carbonyl (C=O) groups is 1. The highest BCUT2D eigenvalue weighted by Crippen LogP contribution is 2.21. The third kappa shape index (κ3) is 3.64. The maximum atomic E-state index is 12.8. The van der Waals surface area contributed by atoms with Crippen LogP contribution in [-0.2, 0) is 4.74 Å². The molecule has 1 aromatic heterocycles. The van der Waals surface area contributed by atoms with E-state index >= 15 is 0 Å². The van der Waals surface area contributed by atoms with Gasteiger partial charge in [-0.2, -0.15) is 0 Å². The molecule has 1 atom stereocenters. The van der Waals surface area contributed by atoms with Crippen LogP contribution < -0.4 is 5.69 Å². The van der Waals surface area contributed by atoms with Crippen LogP contribution in [0.3, 0.4) is 0 Å². The van der Waals surface area contributed by atoms with Gasteiger partial charge in [0.15, 0.2) is 0 Å². The lowest BCUT2D eigenvalue weighted by Gasteiger charge is -2.24. The van der Waals surface area contributed by atoms with Crippen molar-refractivity contribution in [2.45, 2.75) is 25.7 Å². The van der Waals surface area contributed by atoms with Crippen LogP contribution in [0.25, 0.3) is 11.0 Å². The highest BCUT2D eigenvalue weighted by molar-refractivity contribution is 5.97. The molecule has 1 saturated heterocycles. The number of aromatic nitrogens is 2. The van der Waals surface area contributed by atoms with Gasteiger partial charge in [0.05, 0.1) is 11.0 Å². The maximum absolute atomic E-state index is 12.8. The number of hydrogen-bond acceptors (Lipinski definition) is 3. The molecule has 124 valence electrons. The van der Waals surface area contributed by atoms with E-state index in [4.69, 9.17) is 4.74 Å². The molecule has 2 heterocycles. The highest BCUT2D eigenvalue weighted by atomic mass is 16.5. The molecule has 1 unspecified atom stereocenters. The Morgan fingerprint density at radius 1 is 1.30 bits per heavy atom. The van der Waals surface area contributed by atoms with Gasteiger partial charge in [-0.15, -0.1) is 0 Å². The molecule has 6 nitrogen and oxygen atoms in total. The highest BCUT2D eigenvalue weighted by Gasteiger charge is 2.23. The van der Waals surface area contributed by atoms with E-state index in [1.54, 1.807) is 25.3 Å². The number of benzene rings is 1. The van der Waals surface area contributed by atoms with Gasteiger partial charge in [-0.05, 0) is 43.4 Å². The van der Waals surface area contributed by atoms with Gasteiger partial charge in [0, 0.05) is 32.4 Å². The van der Waals surface area contributed by atoms with Gasteiger partial charge in [-0.1, -0.05) is 6.42 Å². The summed E-state index contributed by atoms with van der Waals surface area (Å²) in [5.74, 6) is 0.537. The number of H-pyrrole nitrogens is 2. The Kier molecular flexibility index (Phi) is 4.81. The largest absolute Gasteiger partial charge is 0.385 e. The lowest BCUT2D eigenvalue weighted by Crippen LogP contribution is -2.34. The number of rotatable bonds is 4. The number of aromatic amines is 2. The number of fused-ring (bicyclic) bond motifs is 1. The quantitative estimate of drug-likeness (QED) is 0.907. The summed E-state index contributed by atoms with van der Waals surface area (Å²) >= 11 is 0. The molecule has 0 saturated carbocycles. The monoisotopic (exact) mass is 317 g/mol. The van der Waals surface area contributed by atoms with Gasteiger partial charge in [0.1, 0.15) is 0 Å². The minimum atomic E-state index is -0.251. The van der Waals surface area contributed by atoms with Gasteiger partial charge in [0.25, 0.3) is 5.91 Å². The minimum absolute atomic E-state index is 0.0401. The molecule has 1 aliphatic rings. The van der Waals surface area contributed by atoms with Crippen LogP contribution in [0, 0.1) is 5.92 Å². The number of hydrogen-bond donors (Lipinski definition) is 2. The van der Waals surface area contributed by atoms with Gasteiger partial charge >= 0.3 is 5.69 Å². The summed E-state index contributed by atoms with van der Waals surface area (Å²) in [6.07, 6.45) is 4.34. The van der Waals surface area contributed by atoms with Gasteiger partial charge in [-0.3, -0.25) is 4.79 Å². The van der Waals surface area contributed by atoms with Crippen LogP contribution in [-0.4, -0.2) is 47.6 Å². The van der Waals surface area contributed by atoms with E-state index in [0.29, 0.717) is 17.0 Å². The van der Waals surface area contributed by atoms with E-state index in [9.17, 15) is 9.59 Å². The van der Waals surface area contributed by atoms with Crippen LogP contribution in [0.5, 0.6) is 0 Å². The van der Waals surface area contributed by atoms with E-state index in [-0.39, 0.29) is 11.6 Å². The van der Waals surface area contributed by atoms with E-state index in [0.717, 1.165) is 50.9 Å². The summed E-state index contributed by atoms with van der Waals surface area (Å²) in [5, 5.41) is 0. The number of likely N-dealkylation sites (tertiary alicyclic amines) is 1. The number of ether oxygens (including phenoxy) is 1. The third-order valence-corrected chi connectivity index (χ3v) is 4.55. The molecule has 0 bridgehead atoms. The van der Waals surface area contributed by atoms with Crippen molar-refractivity contribution in [1.82, 2.24) is 14.9 Å². The Hall–Kier alpha value is -2.08. The minimum Gasteiger partial charge on any atom is -0.385 e. The van der Waals surface area contributed by atoms with Crippen LogP contribution in [0.15, 0.2) is 23.0 Å². The second kappa shape index (κ2) is 7.00. The smallest absolute Gasteiger partial charge is 0.323 e. The molecule has 2 N–H and O–H groups in total. The topological polar surface area (TPSA) is 78.2 Å². The van der Waals surface area contributed by atoms with E-state index in [2.05, 4.69) is 9.97 Å². The van der Waals surface area contributed by atoms with Crippen molar-refractivity contribution in [3.8, 4) is 0 Å². The Labute approximate surface area is 134 Å². The fourth-order valence-corrected chi connectivity index (χ4v) is 3.28. The van der Waals surface area contributed by atoms with Crippen LogP contribution in [0.4, 0.5) is 0 Å². The number of methoxy groups -OCH3 is 1. The Morgan fingerprint density at radius 3 is 2.96 bits per heavy atom. The van der Waals surface area contributed by atoms with Gasteiger partial charge in [-0.25, -0.2) is 4.79 Å². The number of nitrogens with zero attached hydrogens (tertiary/aromatic N) is 1. The molecule has 0 spiro atoms. The van der Waals surface area contributed by atoms with E-state index in [1.807, 2.05) is 4.90 Å². The molecule has 1 fully saturated rings. The Balaban J connectivity index is 1.77. The van der Waals surface area contributed by atoms with Crippen molar-refractivity contribution >= 4 is 16.9 Å². The summed E-state index contributed by atoms with van der Waals surface area (Å²) in [6, 6.07) is 5.31. The van der Waals surface area contributed by atoms with Crippen LogP contribution in [0.1, 0.15) is 36.0 Å². The summed E-state index contributed by atoms with van der Waals surface area (Å²) in [5.41, 5.74) is 1.77. The number of nitrogens with one attached hydrogen (secondary N) is 2. The third-order valence-electron chi connectivity index (χ3n) is 4.55. The molecular formula is C17H23N3O3. The molecule has 3 rings (SSSR count). The van der Waals surface area contributed by atoms with Crippen molar-refractivity contribution < 1.29 is 9.53 Å². The summed E-state index contributed by atoms with van der Waals surface area (Å²) in [4.78, 5) is 31.5. The molecule has 2 aromatic rings. The Bertz CT molecular complexity index is 734. The van der Waals surface area contributed by atoms with Crippen molar-refractivity contribution in [3.63, 3.8) is 0 Å². The normalized spacial score (nSPS) is 19.0. The molecule has 1 aliphatic heterocycles. The first kappa shape index (κ1) is 15.8. The van der Waals surface area contributed by atoms with Crippen LogP contribution in [0.2, 0.25) is 0 Å². The van der Waals surface area contributed by atoms with E-state index < -0.39 is 0 Å². The lowest BCUT2D eigenvalue weighted by atomic mass is 10.00. The zero-order valence-electron chi connectivity index (χ0n) is 13.4. The van der Waals surface area contributed by atoms with Gasteiger partial charge < -0.3 is 19.6 Å². The molecule has 0 radical (unpaired) electrons. The first-order chi connectivity index (χ1) is 11.2. The molecular weight excluding hydrogens is 294 g/mol. The zero-order valence-corrected chi connectivity index (χ0v) is 13.4. The average Bonchev–Trinajstić information content (AvgIpc) is 2.77. The van der Waals surface area contributed by atoms with Crippen molar-refractivity contribution in [3.05, 3.63) is 34.2 Å². The van der Waals surface area contributed by atoms with Gasteiger partial charge in [0.2, 0.25) is 0 Å². The second-order valence-corrected chi connectivity index (χ2v) is 6.23. The molecule has 1 amide bonds. The van der Waals surface area contributed by atoms with E-state index in [1.165, 1.54) is 0 Å². The summed E-state index contributed by atoms with van der Waals surface area (Å²) < 4.78 is 5.18. The summed E-state index contributed by atoms with van der Waals surface area (Å²) in [6.45, 7) is 2.32. The molecule has 23 heavy (non-hydrogen) atoms. The maximum Gasteiger partial charge on any atom is 0.323 e. The average molecular weight is 317 g/mol. The molecule has 1 aromatic carbocycles. The second-order valence-electron chi connectivity index (χ2n) is 6.23. The van der Waals surface area contributed by atoms with Crippen molar-refractivity contribution in [2.24, 2.45) is 5.92 Å². The molecule has 6 heteroatoms. The summed E-state index contributed by atoms with van der Waals surface area (Å²) in [7, 11) is 1.71.